The van der Waals surface area contributed by atoms with Crippen molar-refractivity contribution in [2.75, 3.05) is 13.2 Å². The van der Waals surface area contributed by atoms with Gasteiger partial charge in [-0.15, -0.1) is 0 Å². The van der Waals surface area contributed by atoms with Gasteiger partial charge in [0.2, 0.25) is 17.7 Å². The van der Waals surface area contributed by atoms with Gasteiger partial charge in [0.15, 0.2) is 0 Å². The Bertz CT molecular complexity index is 935. The number of nitrogens with two attached hydrogens (primary N) is 1. The molecular weight excluding hydrogens is 392 g/mol. The monoisotopic (exact) mass is 422 g/mol. The third kappa shape index (κ3) is 3.10. The van der Waals surface area contributed by atoms with Crippen molar-refractivity contribution >= 4 is 11.8 Å². The van der Waals surface area contributed by atoms with Gasteiger partial charge in [-0.3, -0.25) is 9.59 Å². The number of nitriles is 1. The number of carbonyl (C=O) groups is 2. The number of hydrogen-bond acceptors (Lipinski definition) is 5. The first-order chi connectivity index (χ1) is 14.7. The lowest BCUT2D eigenvalue weighted by Crippen LogP contribution is -2.62. The predicted molar refractivity (Wildman–Crippen MR) is 112 cm³/mol. The first-order valence-electron chi connectivity index (χ1n) is 11.3. The summed E-state index contributed by atoms with van der Waals surface area (Å²) in [6.45, 7) is 5.10. The van der Waals surface area contributed by atoms with Crippen LogP contribution in [0, 0.1) is 45.8 Å². The van der Waals surface area contributed by atoms with Crippen LogP contribution in [0.25, 0.3) is 0 Å². The van der Waals surface area contributed by atoms with Gasteiger partial charge in [-0.1, -0.05) is 13.8 Å². The fraction of sp³-hybridized carbons (Fsp3) is 0.667. The normalized spacial score (nSPS) is 37.6. The summed E-state index contributed by atoms with van der Waals surface area (Å²) in [5.41, 5.74) is 5.48. The van der Waals surface area contributed by atoms with E-state index < -0.39 is 5.41 Å². The van der Waals surface area contributed by atoms with E-state index in [4.69, 9.17) is 15.7 Å². The molecule has 4 aliphatic carbocycles. The van der Waals surface area contributed by atoms with Crippen molar-refractivity contribution in [2.24, 2.45) is 40.2 Å². The van der Waals surface area contributed by atoms with Crippen molar-refractivity contribution in [1.29, 1.82) is 5.26 Å². The summed E-state index contributed by atoms with van der Waals surface area (Å²) in [6.07, 6.45) is 6.32. The van der Waals surface area contributed by atoms with Crippen LogP contribution in [0.5, 0.6) is 5.88 Å². The maximum absolute atomic E-state index is 13.5. The van der Waals surface area contributed by atoms with Gasteiger partial charge in [0.1, 0.15) is 6.07 Å². The summed E-state index contributed by atoms with van der Waals surface area (Å²) in [5.74, 6) is 1.91. The molecule has 1 aromatic heterocycles. The molecule has 0 radical (unpaired) electrons. The van der Waals surface area contributed by atoms with Gasteiger partial charge in [0.25, 0.3) is 0 Å². The van der Waals surface area contributed by atoms with Gasteiger partial charge < -0.3 is 15.4 Å². The van der Waals surface area contributed by atoms with Crippen molar-refractivity contribution < 1.29 is 14.3 Å². The van der Waals surface area contributed by atoms with Crippen LogP contribution in [0.15, 0.2) is 18.3 Å². The lowest BCUT2D eigenvalue weighted by Gasteiger charge is -2.60. The molecule has 0 spiro atoms. The fourth-order valence-corrected chi connectivity index (χ4v) is 7.14. The summed E-state index contributed by atoms with van der Waals surface area (Å²) < 4.78 is 5.91. The minimum Gasteiger partial charge on any atom is -0.477 e. The van der Waals surface area contributed by atoms with E-state index in [1.165, 1.54) is 6.20 Å². The second-order valence-corrected chi connectivity index (χ2v) is 10.8. The maximum atomic E-state index is 13.5. The Morgan fingerprint density at radius 2 is 2.00 bits per heavy atom. The summed E-state index contributed by atoms with van der Waals surface area (Å²) >= 11 is 0. The van der Waals surface area contributed by atoms with Crippen molar-refractivity contribution in [3.05, 3.63) is 23.9 Å². The van der Waals surface area contributed by atoms with E-state index in [-0.39, 0.29) is 29.2 Å². The van der Waals surface area contributed by atoms with Crippen LogP contribution >= 0.6 is 0 Å². The molecule has 2 N–H and O–H groups in total. The lowest BCUT2D eigenvalue weighted by atomic mass is 9.47. The van der Waals surface area contributed by atoms with Gasteiger partial charge in [-0.2, -0.15) is 5.26 Å². The Hall–Kier alpha value is -2.62. The van der Waals surface area contributed by atoms with E-state index in [0.717, 1.165) is 32.1 Å². The molecule has 1 aromatic rings. The third-order valence-corrected chi connectivity index (χ3v) is 8.65. The molecule has 3 atom stereocenters. The van der Waals surface area contributed by atoms with Crippen LogP contribution in [0.1, 0.15) is 51.5 Å². The van der Waals surface area contributed by atoms with Crippen LogP contribution < -0.4 is 10.5 Å². The van der Waals surface area contributed by atoms with Gasteiger partial charge in [0.05, 0.1) is 17.6 Å². The average Bonchev–Trinajstić information content (AvgIpc) is 2.95. The van der Waals surface area contributed by atoms with Crippen LogP contribution in [-0.2, 0) is 9.59 Å². The van der Waals surface area contributed by atoms with Gasteiger partial charge >= 0.3 is 0 Å². The van der Waals surface area contributed by atoms with Crippen LogP contribution in [0.2, 0.25) is 0 Å². The standard InChI is InChI=1S/C24H30N4O3/c1-23(2)18(13-31-19-4-3-14(10-25)11-27-19)12-28(22(23)30)20-16-5-15-6-17(20)9-24(7-15,8-16)21(26)29/h3-4,11,15-18,20H,5-9,12-13H2,1-2H3,(H2,26,29)/t15?,16-,17-,18+,20?,24?/m1/s1. The number of rotatable bonds is 5. The zero-order valence-corrected chi connectivity index (χ0v) is 18.2. The van der Waals surface area contributed by atoms with Crippen LogP contribution in [0.3, 0.4) is 0 Å². The molecule has 2 amide bonds. The largest absolute Gasteiger partial charge is 0.477 e. The third-order valence-electron chi connectivity index (χ3n) is 8.65. The summed E-state index contributed by atoms with van der Waals surface area (Å²) in [7, 11) is 0. The quantitative estimate of drug-likeness (QED) is 0.784. The number of aromatic nitrogens is 1. The molecule has 1 saturated heterocycles. The molecule has 6 rings (SSSR count). The molecule has 7 heteroatoms. The SMILES string of the molecule is CC1(C)C(=O)N(C2[C@@H]3CC4C[C@@H]2CC(C(N)=O)(C4)C3)C[C@H]1COc1ccc(C#N)cn1. The summed E-state index contributed by atoms with van der Waals surface area (Å²) in [4.78, 5) is 32.1. The Morgan fingerprint density at radius 3 is 2.58 bits per heavy atom. The van der Waals surface area contributed by atoms with Crippen molar-refractivity contribution in [1.82, 2.24) is 9.88 Å². The number of pyridine rings is 1. The first-order valence-corrected chi connectivity index (χ1v) is 11.3. The Balaban J connectivity index is 1.31. The van der Waals surface area contributed by atoms with Crippen molar-refractivity contribution in [3.63, 3.8) is 0 Å². The Labute approximate surface area is 182 Å². The fourth-order valence-electron chi connectivity index (χ4n) is 7.14. The van der Waals surface area contributed by atoms with Gasteiger partial charge in [-0.05, 0) is 55.9 Å². The second kappa shape index (κ2) is 6.94. The minimum absolute atomic E-state index is 0.0553. The second-order valence-electron chi connectivity index (χ2n) is 10.8. The van der Waals surface area contributed by atoms with E-state index in [9.17, 15) is 9.59 Å². The minimum atomic E-state index is -0.511. The van der Waals surface area contributed by atoms with Crippen LogP contribution in [0.4, 0.5) is 0 Å². The number of likely N-dealkylation sites (tertiary alicyclic amines) is 1. The predicted octanol–water partition coefficient (Wildman–Crippen LogP) is 2.50. The first kappa shape index (κ1) is 20.3. The highest BCUT2D eigenvalue weighted by molar-refractivity contribution is 5.85. The molecule has 4 bridgehead atoms. The molecule has 5 aliphatic rings. The number of ether oxygens (including phenoxy) is 1. The number of amides is 2. The van der Waals surface area contributed by atoms with Gasteiger partial charge in [-0.25, -0.2) is 4.98 Å². The molecule has 164 valence electrons. The van der Waals surface area contributed by atoms with E-state index in [2.05, 4.69) is 9.88 Å². The van der Waals surface area contributed by atoms with E-state index in [0.29, 0.717) is 42.3 Å². The van der Waals surface area contributed by atoms with E-state index in [1.807, 2.05) is 19.9 Å². The smallest absolute Gasteiger partial charge is 0.228 e. The number of primary amides is 1. The number of hydrogen-bond donors (Lipinski definition) is 1. The molecule has 4 saturated carbocycles. The highest BCUT2D eigenvalue weighted by Crippen LogP contribution is 2.61. The average molecular weight is 423 g/mol. The Kier molecular flexibility index (Phi) is 4.55. The summed E-state index contributed by atoms with van der Waals surface area (Å²) in [5, 5.41) is 8.92. The zero-order valence-electron chi connectivity index (χ0n) is 18.2. The molecule has 7 nitrogen and oxygen atoms in total. The van der Waals surface area contributed by atoms with Crippen molar-refractivity contribution in [3.8, 4) is 11.9 Å². The topological polar surface area (TPSA) is 109 Å². The molecular formula is C24H30N4O3. The molecule has 1 aliphatic heterocycles. The highest BCUT2D eigenvalue weighted by Gasteiger charge is 2.61. The lowest BCUT2D eigenvalue weighted by molar-refractivity contribution is -0.159. The molecule has 5 fully saturated rings. The van der Waals surface area contributed by atoms with Crippen molar-refractivity contribution in [2.45, 2.75) is 52.0 Å². The summed E-state index contributed by atoms with van der Waals surface area (Å²) in [6, 6.07) is 5.64. The highest BCUT2D eigenvalue weighted by atomic mass is 16.5. The van der Waals surface area contributed by atoms with E-state index >= 15 is 0 Å². The maximum Gasteiger partial charge on any atom is 0.228 e. The van der Waals surface area contributed by atoms with E-state index in [1.54, 1.807) is 12.1 Å². The number of carbonyl (C=O) groups excluding carboxylic acids is 2. The molecule has 31 heavy (non-hydrogen) atoms. The Morgan fingerprint density at radius 1 is 1.29 bits per heavy atom. The number of nitrogens with zero attached hydrogens (tertiary/aromatic N) is 3. The molecule has 0 aromatic carbocycles. The van der Waals surface area contributed by atoms with Gasteiger partial charge in [0, 0.05) is 36.2 Å². The zero-order chi connectivity index (χ0) is 22.0. The van der Waals surface area contributed by atoms with Crippen LogP contribution in [-0.4, -0.2) is 40.9 Å². The molecule has 0 unspecified atom stereocenters. The molecule has 2 heterocycles.